The number of nitrogens with zero attached hydrogens (tertiary/aromatic N) is 4. The second-order valence-corrected chi connectivity index (χ2v) is 8.61. The predicted molar refractivity (Wildman–Crippen MR) is 119 cm³/mol. The van der Waals surface area contributed by atoms with Gasteiger partial charge in [0.2, 0.25) is 0 Å². The number of aromatic nitrogens is 2. The average molecular weight is 426 g/mol. The van der Waals surface area contributed by atoms with Crippen LogP contribution in [0.4, 0.5) is 14.9 Å². The molecule has 2 amide bonds. The minimum Gasteiger partial charge on any atom is -0.322 e. The quantitative estimate of drug-likeness (QED) is 0.477. The summed E-state index contributed by atoms with van der Waals surface area (Å²) in [5.41, 5.74) is 1.88. The van der Waals surface area contributed by atoms with E-state index in [0.29, 0.717) is 24.0 Å². The van der Waals surface area contributed by atoms with E-state index in [-0.39, 0.29) is 19.0 Å². The molecule has 0 saturated carbocycles. The second kappa shape index (κ2) is 8.05. The summed E-state index contributed by atoms with van der Waals surface area (Å²) >= 11 is 0. The summed E-state index contributed by atoms with van der Waals surface area (Å²) in [5, 5.41) is 18.0. The number of anilines is 1. The maximum absolute atomic E-state index is 13.3. The lowest BCUT2D eigenvalue weighted by Crippen LogP contribution is -2.75. The zero-order chi connectivity index (χ0) is 22.2. The number of aryl methyl sites for hydroxylation is 1. The number of amides is 2. The van der Waals surface area contributed by atoms with Gasteiger partial charge in [0.25, 0.3) is 0 Å². The van der Waals surface area contributed by atoms with E-state index in [2.05, 4.69) is 22.2 Å². The van der Waals surface area contributed by atoms with Gasteiger partial charge in [0.05, 0.1) is 30.6 Å². The molecule has 1 aromatic carbocycles. The van der Waals surface area contributed by atoms with Crippen LogP contribution in [-0.2, 0) is 0 Å². The van der Waals surface area contributed by atoms with Crippen molar-refractivity contribution in [3.05, 3.63) is 42.0 Å². The van der Waals surface area contributed by atoms with Gasteiger partial charge in [0.1, 0.15) is 0 Å². The molecule has 2 aliphatic rings. The van der Waals surface area contributed by atoms with Gasteiger partial charge in [0, 0.05) is 25.3 Å². The van der Waals surface area contributed by atoms with Gasteiger partial charge in [-0.3, -0.25) is 10.8 Å². The highest BCUT2D eigenvalue weighted by atomic mass is 19.1. The number of benzene rings is 1. The van der Waals surface area contributed by atoms with Crippen molar-refractivity contribution in [3.8, 4) is 11.4 Å². The number of hydrogen-bond donors (Lipinski definition) is 3. The van der Waals surface area contributed by atoms with Crippen LogP contribution < -0.4 is 5.32 Å². The van der Waals surface area contributed by atoms with E-state index in [0.717, 1.165) is 55.5 Å². The van der Waals surface area contributed by atoms with Crippen molar-refractivity contribution in [2.75, 3.05) is 11.9 Å². The SMILES string of the molecule is Cc1ccc(NC(=O)N2C3CC(C)CC2(CN(C=N)C=N)C3)cc1-c1ncc(F)cn1.[HH]. The van der Waals surface area contributed by atoms with Gasteiger partial charge in [-0.25, -0.2) is 19.2 Å². The maximum atomic E-state index is 13.3. The number of hydrogen-bond acceptors (Lipinski definition) is 5. The number of carbonyl (C=O) groups is 1. The molecule has 3 heterocycles. The first-order valence-electron chi connectivity index (χ1n) is 10.3. The third kappa shape index (κ3) is 3.87. The van der Waals surface area contributed by atoms with Gasteiger partial charge in [-0.2, -0.15) is 0 Å². The molecule has 0 spiro atoms. The van der Waals surface area contributed by atoms with Crippen molar-refractivity contribution in [2.24, 2.45) is 5.92 Å². The Labute approximate surface area is 182 Å². The lowest BCUT2D eigenvalue weighted by molar-refractivity contribution is -0.0924. The minimum absolute atomic E-state index is 0. The van der Waals surface area contributed by atoms with Gasteiger partial charge < -0.3 is 15.1 Å². The zero-order valence-electron chi connectivity index (χ0n) is 17.6. The van der Waals surface area contributed by atoms with Crippen LogP contribution in [0.2, 0.25) is 0 Å². The molecule has 3 atom stereocenters. The molecular formula is C22H28FN7O. The van der Waals surface area contributed by atoms with Gasteiger partial charge in [0.15, 0.2) is 11.6 Å². The van der Waals surface area contributed by atoms with Crippen LogP contribution in [-0.4, -0.2) is 56.6 Å². The highest BCUT2D eigenvalue weighted by Crippen LogP contribution is 2.50. The molecule has 3 N–H and O–H groups in total. The van der Waals surface area contributed by atoms with E-state index >= 15 is 0 Å². The van der Waals surface area contributed by atoms with Gasteiger partial charge >= 0.3 is 6.03 Å². The number of halogens is 1. The highest BCUT2D eigenvalue weighted by Gasteiger charge is 2.58. The zero-order valence-corrected chi connectivity index (χ0v) is 17.6. The molecule has 2 fully saturated rings. The smallest absolute Gasteiger partial charge is 0.322 e. The molecule has 0 radical (unpaired) electrons. The molecule has 2 saturated heterocycles. The standard InChI is InChI=1S/C22H26FN7O.H2/c1-14-5-18-8-22(7-14,11-29(12-24)13-25)30(18)21(31)28-17-4-3-15(2)19(6-17)20-26-9-16(23)10-27-20;/h3-4,6,9-10,12-14,18,24-25H,5,7-8,11H2,1-2H3,(H,28,31);1H. The first kappa shape index (κ1) is 20.9. The fourth-order valence-corrected chi connectivity index (χ4v) is 5.10. The van der Waals surface area contributed by atoms with Crippen molar-refractivity contribution in [1.82, 2.24) is 19.8 Å². The summed E-state index contributed by atoms with van der Waals surface area (Å²) in [5.74, 6) is 0.384. The molecular weight excluding hydrogens is 397 g/mol. The van der Waals surface area contributed by atoms with Crippen LogP contribution in [0.5, 0.6) is 0 Å². The van der Waals surface area contributed by atoms with Crippen LogP contribution in [0, 0.1) is 29.5 Å². The lowest BCUT2D eigenvalue weighted by atomic mass is 9.64. The summed E-state index contributed by atoms with van der Waals surface area (Å²) < 4.78 is 13.2. The number of piperidine rings is 1. The molecule has 31 heavy (non-hydrogen) atoms. The summed E-state index contributed by atoms with van der Waals surface area (Å²) in [6.45, 7) is 4.54. The third-order valence-corrected chi connectivity index (χ3v) is 6.27. The molecule has 2 aliphatic heterocycles. The van der Waals surface area contributed by atoms with Gasteiger partial charge in [-0.15, -0.1) is 0 Å². The Kier molecular flexibility index (Phi) is 5.43. The molecule has 8 nitrogen and oxygen atoms in total. The number of nitrogens with one attached hydrogen (secondary N) is 3. The van der Waals surface area contributed by atoms with Crippen molar-refractivity contribution in [3.63, 3.8) is 0 Å². The van der Waals surface area contributed by atoms with Gasteiger partial charge in [-0.05, 0) is 49.8 Å². The largest absolute Gasteiger partial charge is 0.322 e. The molecule has 1 aromatic heterocycles. The number of rotatable bonds is 6. The summed E-state index contributed by atoms with van der Waals surface area (Å²) in [6, 6.07) is 5.47. The third-order valence-electron chi connectivity index (χ3n) is 6.27. The minimum atomic E-state index is -0.501. The molecule has 9 heteroatoms. The molecule has 164 valence electrons. The Morgan fingerprint density at radius 1 is 1.35 bits per heavy atom. The molecule has 2 bridgehead atoms. The number of fused-ring (bicyclic) bond motifs is 2. The first-order chi connectivity index (χ1) is 14.8. The molecule has 2 aromatic rings. The van der Waals surface area contributed by atoms with E-state index in [4.69, 9.17) is 10.8 Å². The van der Waals surface area contributed by atoms with Crippen molar-refractivity contribution < 1.29 is 10.6 Å². The topological polar surface area (TPSA) is 109 Å². The fraction of sp³-hybridized carbons (Fsp3) is 0.409. The average Bonchev–Trinajstić information content (AvgIpc) is 2.73. The maximum Gasteiger partial charge on any atom is 0.322 e. The molecule has 4 rings (SSSR count). The van der Waals surface area contributed by atoms with Crippen LogP contribution in [0.25, 0.3) is 11.4 Å². The molecule has 3 unspecified atom stereocenters. The fourth-order valence-electron chi connectivity index (χ4n) is 5.10. The number of carbonyl (C=O) groups excluding carboxylic acids is 1. The first-order valence-corrected chi connectivity index (χ1v) is 10.3. The Hall–Kier alpha value is -3.36. The Bertz CT molecular complexity index is 1010. The monoisotopic (exact) mass is 425 g/mol. The van der Waals surface area contributed by atoms with Crippen molar-refractivity contribution in [1.29, 1.82) is 10.8 Å². The summed E-state index contributed by atoms with van der Waals surface area (Å²) in [7, 11) is 0. The second-order valence-electron chi connectivity index (χ2n) is 8.61. The van der Waals surface area contributed by atoms with E-state index in [1.54, 1.807) is 6.07 Å². The van der Waals surface area contributed by atoms with E-state index in [1.165, 1.54) is 4.90 Å². The molecule has 0 aliphatic carbocycles. The van der Waals surface area contributed by atoms with E-state index in [1.807, 2.05) is 24.0 Å². The van der Waals surface area contributed by atoms with Crippen molar-refractivity contribution >= 4 is 24.4 Å². The van der Waals surface area contributed by atoms with Crippen LogP contribution >= 0.6 is 0 Å². The highest BCUT2D eigenvalue weighted by molar-refractivity contribution is 5.92. The van der Waals surface area contributed by atoms with Crippen LogP contribution in [0.15, 0.2) is 30.6 Å². The van der Waals surface area contributed by atoms with Gasteiger partial charge in [-0.1, -0.05) is 13.0 Å². The van der Waals surface area contributed by atoms with Crippen molar-refractivity contribution in [2.45, 2.75) is 44.7 Å². The summed E-state index contributed by atoms with van der Waals surface area (Å²) in [4.78, 5) is 24.8. The van der Waals surface area contributed by atoms with Crippen LogP contribution in [0.1, 0.15) is 33.2 Å². The van der Waals surface area contributed by atoms with Crippen LogP contribution in [0.3, 0.4) is 0 Å². The Morgan fingerprint density at radius 2 is 2.06 bits per heavy atom. The predicted octanol–water partition coefficient (Wildman–Crippen LogP) is 4.13. The normalized spacial score (nSPS) is 24.2. The van der Waals surface area contributed by atoms with E-state index in [9.17, 15) is 9.18 Å². The Morgan fingerprint density at radius 3 is 2.74 bits per heavy atom. The number of urea groups is 1. The Balaban J connectivity index is 0.00000289. The lowest BCUT2D eigenvalue weighted by Gasteiger charge is -2.64. The summed E-state index contributed by atoms with van der Waals surface area (Å²) in [6.07, 6.45) is 7.17. The van der Waals surface area contributed by atoms with E-state index < -0.39 is 5.82 Å².